The summed E-state index contributed by atoms with van der Waals surface area (Å²) < 4.78 is 1.70. The van der Waals surface area contributed by atoms with Gasteiger partial charge in [-0.3, -0.25) is 4.79 Å². The number of hydrogen-bond acceptors (Lipinski definition) is 3. The summed E-state index contributed by atoms with van der Waals surface area (Å²) in [5.41, 5.74) is -0.0368. The molecule has 1 aromatic heterocycles. The Morgan fingerprint density at radius 2 is 1.89 bits per heavy atom. The smallest absolute Gasteiger partial charge is 0.293 e. The largest absolute Gasteiger partial charge is 0.363 e. The van der Waals surface area contributed by atoms with Crippen LogP contribution in [0.2, 0.25) is 0 Å². The fourth-order valence-corrected chi connectivity index (χ4v) is 2.26. The first-order valence-corrected chi connectivity index (χ1v) is 6.84. The molecule has 102 valence electrons. The molecule has 0 aliphatic carbocycles. The molecule has 0 aliphatic heterocycles. The van der Waals surface area contributed by atoms with Gasteiger partial charge in [-0.2, -0.15) is 0 Å². The molecule has 1 unspecified atom stereocenters. The number of aromatic nitrogens is 2. The molecule has 1 N–H and O–H groups in total. The molecule has 0 saturated carbocycles. The summed E-state index contributed by atoms with van der Waals surface area (Å²) in [6.07, 6.45) is 5.63. The van der Waals surface area contributed by atoms with Crippen LogP contribution in [0.1, 0.15) is 53.5 Å². The first kappa shape index (κ1) is 14.7. The summed E-state index contributed by atoms with van der Waals surface area (Å²) in [6.45, 7) is 10.5. The van der Waals surface area contributed by atoms with Crippen molar-refractivity contribution >= 4 is 5.82 Å². The van der Waals surface area contributed by atoms with Gasteiger partial charge in [-0.05, 0) is 26.7 Å². The quantitative estimate of drug-likeness (QED) is 0.845. The standard InChI is InChI=1S/C14H25N3O/c1-6-12(7-2)11(5)16-13-14(18)17(10(3)4)9-8-15-13/h8-12H,6-7H2,1-5H3,(H,15,16). The molecule has 0 bridgehead atoms. The molecule has 18 heavy (non-hydrogen) atoms. The summed E-state index contributed by atoms with van der Waals surface area (Å²) in [6, 6.07) is 0.424. The van der Waals surface area contributed by atoms with Crippen molar-refractivity contribution in [2.24, 2.45) is 5.92 Å². The Labute approximate surface area is 109 Å². The molecule has 0 fully saturated rings. The Bertz CT molecular complexity index is 421. The Hall–Kier alpha value is -1.32. The van der Waals surface area contributed by atoms with Gasteiger partial charge >= 0.3 is 0 Å². The molecule has 0 aromatic carbocycles. The SMILES string of the molecule is CCC(CC)C(C)Nc1nccn(C(C)C)c1=O. The van der Waals surface area contributed by atoms with Gasteiger partial charge in [0.15, 0.2) is 5.82 Å². The summed E-state index contributed by atoms with van der Waals surface area (Å²) in [5.74, 6) is 1.03. The van der Waals surface area contributed by atoms with Crippen LogP contribution in [0, 0.1) is 5.92 Å². The highest BCUT2D eigenvalue weighted by Gasteiger charge is 2.16. The van der Waals surface area contributed by atoms with Crippen molar-refractivity contribution in [2.75, 3.05) is 5.32 Å². The lowest BCUT2D eigenvalue weighted by molar-refractivity contribution is 0.436. The number of rotatable bonds is 6. The van der Waals surface area contributed by atoms with Gasteiger partial charge in [0, 0.05) is 24.5 Å². The molecule has 1 rings (SSSR count). The maximum Gasteiger partial charge on any atom is 0.293 e. The first-order valence-electron chi connectivity index (χ1n) is 6.84. The van der Waals surface area contributed by atoms with Gasteiger partial charge in [0.2, 0.25) is 0 Å². The van der Waals surface area contributed by atoms with Gasteiger partial charge in [-0.25, -0.2) is 4.98 Å². The average molecular weight is 251 g/mol. The lowest BCUT2D eigenvalue weighted by Crippen LogP contribution is -2.32. The van der Waals surface area contributed by atoms with Crippen LogP contribution in [0.25, 0.3) is 0 Å². The van der Waals surface area contributed by atoms with E-state index in [1.807, 2.05) is 13.8 Å². The number of nitrogens with zero attached hydrogens (tertiary/aromatic N) is 2. The molecular weight excluding hydrogens is 226 g/mol. The Kier molecular flexibility index (Phi) is 5.38. The zero-order valence-corrected chi connectivity index (χ0v) is 12.1. The second-order valence-electron chi connectivity index (χ2n) is 5.09. The first-order chi connectivity index (χ1) is 8.51. The predicted octanol–water partition coefficient (Wildman–Crippen LogP) is 3.06. The van der Waals surface area contributed by atoms with Crippen LogP contribution < -0.4 is 10.9 Å². The molecular formula is C14H25N3O. The number of hydrogen-bond donors (Lipinski definition) is 1. The minimum absolute atomic E-state index is 0.0368. The van der Waals surface area contributed by atoms with Crippen LogP contribution in [-0.4, -0.2) is 15.6 Å². The van der Waals surface area contributed by atoms with E-state index in [1.165, 1.54) is 0 Å². The van der Waals surface area contributed by atoms with E-state index in [0.717, 1.165) is 12.8 Å². The van der Waals surface area contributed by atoms with Crippen LogP contribution in [0.5, 0.6) is 0 Å². The molecule has 1 atom stereocenters. The van der Waals surface area contributed by atoms with E-state index in [1.54, 1.807) is 17.0 Å². The van der Waals surface area contributed by atoms with Gasteiger partial charge in [-0.15, -0.1) is 0 Å². The fraction of sp³-hybridized carbons (Fsp3) is 0.714. The zero-order chi connectivity index (χ0) is 13.7. The van der Waals surface area contributed by atoms with Crippen LogP contribution >= 0.6 is 0 Å². The molecule has 0 aliphatic rings. The highest BCUT2D eigenvalue weighted by Crippen LogP contribution is 2.15. The van der Waals surface area contributed by atoms with Crippen molar-refractivity contribution in [3.8, 4) is 0 Å². The average Bonchev–Trinajstić information content (AvgIpc) is 2.33. The predicted molar refractivity (Wildman–Crippen MR) is 76.0 cm³/mol. The van der Waals surface area contributed by atoms with Gasteiger partial charge in [0.05, 0.1) is 0 Å². The molecule has 1 aromatic rings. The highest BCUT2D eigenvalue weighted by molar-refractivity contribution is 5.32. The van der Waals surface area contributed by atoms with E-state index in [0.29, 0.717) is 11.7 Å². The van der Waals surface area contributed by atoms with Crippen molar-refractivity contribution < 1.29 is 0 Å². The maximum absolute atomic E-state index is 12.2. The van der Waals surface area contributed by atoms with Gasteiger partial charge in [-0.1, -0.05) is 26.7 Å². The third-order valence-corrected chi connectivity index (χ3v) is 3.54. The number of nitrogens with one attached hydrogen (secondary N) is 1. The molecule has 4 heteroatoms. The van der Waals surface area contributed by atoms with Gasteiger partial charge < -0.3 is 9.88 Å². The molecule has 0 radical (unpaired) electrons. The molecule has 4 nitrogen and oxygen atoms in total. The number of anilines is 1. The lowest BCUT2D eigenvalue weighted by Gasteiger charge is -2.23. The summed E-state index contributed by atoms with van der Waals surface area (Å²) in [4.78, 5) is 16.4. The van der Waals surface area contributed by atoms with Crippen LogP contribution in [0.4, 0.5) is 5.82 Å². The van der Waals surface area contributed by atoms with Crippen molar-refractivity contribution in [3.63, 3.8) is 0 Å². The minimum Gasteiger partial charge on any atom is -0.363 e. The van der Waals surface area contributed by atoms with E-state index in [4.69, 9.17) is 0 Å². The monoisotopic (exact) mass is 251 g/mol. The maximum atomic E-state index is 12.2. The van der Waals surface area contributed by atoms with E-state index in [2.05, 4.69) is 31.1 Å². The zero-order valence-electron chi connectivity index (χ0n) is 12.1. The van der Waals surface area contributed by atoms with Gasteiger partial charge in [0.1, 0.15) is 0 Å². The summed E-state index contributed by atoms with van der Waals surface area (Å²) in [5, 5.41) is 3.26. The van der Waals surface area contributed by atoms with Crippen LogP contribution in [-0.2, 0) is 0 Å². The van der Waals surface area contributed by atoms with Crippen molar-refractivity contribution in [1.82, 2.24) is 9.55 Å². The third kappa shape index (κ3) is 3.34. The Morgan fingerprint density at radius 3 is 2.39 bits per heavy atom. The van der Waals surface area contributed by atoms with Crippen molar-refractivity contribution in [1.29, 1.82) is 0 Å². The summed E-state index contributed by atoms with van der Waals surface area (Å²) in [7, 11) is 0. The van der Waals surface area contributed by atoms with Crippen molar-refractivity contribution in [2.45, 2.75) is 59.5 Å². The van der Waals surface area contributed by atoms with Gasteiger partial charge in [0.25, 0.3) is 5.56 Å². The minimum atomic E-state index is -0.0368. The lowest BCUT2D eigenvalue weighted by atomic mass is 9.95. The van der Waals surface area contributed by atoms with E-state index in [-0.39, 0.29) is 17.6 Å². The van der Waals surface area contributed by atoms with Crippen molar-refractivity contribution in [3.05, 3.63) is 22.7 Å². The molecule has 0 amide bonds. The molecule has 1 heterocycles. The van der Waals surface area contributed by atoms with E-state index < -0.39 is 0 Å². The normalized spacial score (nSPS) is 13.1. The fourth-order valence-electron chi connectivity index (χ4n) is 2.26. The third-order valence-electron chi connectivity index (χ3n) is 3.54. The van der Waals surface area contributed by atoms with Crippen LogP contribution in [0.3, 0.4) is 0 Å². The van der Waals surface area contributed by atoms with E-state index in [9.17, 15) is 4.79 Å². The second-order valence-corrected chi connectivity index (χ2v) is 5.09. The molecule has 0 saturated heterocycles. The highest BCUT2D eigenvalue weighted by atomic mass is 16.1. The molecule has 0 spiro atoms. The van der Waals surface area contributed by atoms with E-state index >= 15 is 0 Å². The Balaban J connectivity index is 2.92. The Morgan fingerprint density at radius 1 is 1.28 bits per heavy atom. The van der Waals surface area contributed by atoms with Crippen LogP contribution in [0.15, 0.2) is 17.2 Å². The second kappa shape index (κ2) is 6.57. The summed E-state index contributed by atoms with van der Waals surface area (Å²) >= 11 is 0. The topological polar surface area (TPSA) is 46.9 Å².